The molecule has 0 bridgehead atoms. The zero-order valence-corrected chi connectivity index (χ0v) is 22.6. The fraction of sp³-hybridized carbons (Fsp3) is 0.577. The molecule has 40 heavy (non-hydrogen) atoms. The third-order valence-corrected chi connectivity index (χ3v) is 8.15. The Kier molecular flexibility index (Phi) is 6.69. The number of ether oxygens (including phenoxy) is 1. The van der Waals surface area contributed by atoms with Gasteiger partial charge in [-0.1, -0.05) is 0 Å². The van der Waals surface area contributed by atoms with Crippen molar-refractivity contribution in [2.45, 2.75) is 82.2 Å². The number of aromatic nitrogens is 6. The summed E-state index contributed by atoms with van der Waals surface area (Å²) in [7, 11) is 1.44. The molecule has 2 unspecified atom stereocenters. The quantitative estimate of drug-likeness (QED) is 0.398. The first-order valence-corrected chi connectivity index (χ1v) is 13.6. The summed E-state index contributed by atoms with van der Waals surface area (Å²) in [5.74, 6) is -1.21. The molecule has 2 aliphatic heterocycles. The highest BCUT2D eigenvalue weighted by atomic mass is 19.1. The second kappa shape index (κ2) is 10.1. The van der Waals surface area contributed by atoms with Crippen LogP contribution in [-0.2, 0) is 7.05 Å². The van der Waals surface area contributed by atoms with Gasteiger partial charge in [-0.3, -0.25) is 4.90 Å². The van der Waals surface area contributed by atoms with E-state index in [-0.39, 0.29) is 46.6 Å². The van der Waals surface area contributed by atoms with Crippen molar-refractivity contribution in [3.63, 3.8) is 0 Å². The molecular formula is C26H33F2N9O3. The van der Waals surface area contributed by atoms with Crippen LogP contribution in [-0.4, -0.2) is 76.1 Å². The number of nitrogens with zero attached hydrogens (tertiary/aromatic N) is 7. The van der Waals surface area contributed by atoms with Gasteiger partial charge in [0.25, 0.3) is 0 Å². The van der Waals surface area contributed by atoms with Crippen molar-refractivity contribution in [2.24, 2.45) is 7.05 Å². The third kappa shape index (κ3) is 5.01. The van der Waals surface area contributed by atoms with E-state index in [1.54, 1.807) is 0 Å². The first kappa shape index (κ1) is 26.6. The Morgan fingerprint density at radius 2 is 1.95 bits per heavy atom. The van der Waals surface area contributed by atoms with Crippen LogP contribution in [0.5, 0.6) is 5.75 Å². The Morgan fingerprint density at radius 3 is 2.67 bits per heavy atom. The number of tetrazole rings is 1. The van der Waals surface area contributed by atoms with Crippen molar-refractivity contribution >= 4 is 17.5 Å². The number of aryl methyl sites for hydroxylation is 1. The van der Waals surface area contributed by atoms with Crippen LogP contribution in [0.15, 0.2) is 23.1 Å². The third-order valence-electron chi connectivity index (χ3n) is 8.15. The van der Waals surface area contributed by atoms with Gasteiger partial charge in [-0.25, -0.2) is 18.6 Å². The number of fused-ring (bicyclic) bond motifs is 1. The molecule has 6 rings (SSSR count). The first-order valence-electron chi connectivity index (χ1n) is 13.6. The van der Waals surface area contributed by atoms with E-state index in [0.29, 0.717) is 18.9 Å². The number of benzene rings is 1. The van der Waals surface area contributed by atoms with Gasteiger partial charge < -0.3 is 20.5 Å². The lowest BCUT2D eigenvalue weighted by Crippen LogP contribution is -2.55. The van der Waals surface area contributed by atoms with Gasteiger partial charge in [-0.2, -0.15) is 14.3 Å². The van der Waals surface area contributed by atoms with Crippen molar-refractivity contribution in [3.8, 4) is 11.4 Å². The van der Waals surface area contributed by atoms with Crippen LogP contribution < -0.4 is 21.1 Å². The molecule has 2 aromatic heterocycles. The lowest BCUT2D eigenvalue weighted by atomic mass is 9.84. The van der Waals surface area contributed by atoms with E-state index in [1.165, 1.54) is 13.1 Å². The summed E-state index contributed by atoms with van der Waals surface area (Å²) >= 11 is 0. The van der Waals surface area contributed by atoms with Crippen LogP contribution in [0.2, 0.25) is 0 Å². The van der Waals surface area contributed by atoms with Gasteiger partial charge in [0.15, 0.2) is 17.5 Å². The van der Waals surface area contributed by atoms with Crippen molar-refractivity contribution in [1.82, 2.24) is 34.7 Å². The number of aliphatic hydroxyl groups excluding tert-OH is 1. The molecule has 3 aliphatic rings. The summed E-state index contributed by atoms with van der Waals surface area (Å²) in [6.07, 6.45) is 5.04. The van der Waals surface area contributed by atoms with Gasteiger partial charge in [0.2, 0.25) is 5.95 Å². The maximum Gasteiger partial charge on any atom is 0.368 e. The van der Waals surface area contributed by atoms with Crippen LogP contribution in [0.1, 0.15) is 52.4 Å². The highest BCUT2D eigenvalue weighted by molar-refractivity contribution is 5.63. The van der Waals surface area contributed by atoms with Crippen LogP contribution in [0.3, 0.4) is 0 Å². The summed E-state index contributed by atoms with van der Waals surface area (Å²) in [5, 5.41) is 23.3. The fourth-order valence-electron chi connectivity index (χ4n) is 6.14. The molecule has 0 radical (unpaired) electrons. The SMILES string of the molecule is Cn1nnn(-c2cc(Nc3ncc(F)c(NC4CC5CCCN5C(C)(C)C4)n3)c(F)cc2OC2CC(O)C2)c1=O. The summed E-state index contributed by atoms with van der Waals surface area (Å²) in [4.78, 5) is 23.5. The molecule has 2 saturated heterocycles. The average molecular weight is 558 g/mol. The summed E-state index contributed by atoms with van der Waals surface area (Å²) in [5.41, 5.74) is -0.487. The predicted molar refractivity (Wildman–Crippen MR) is 142 cm³/mol. The number of halogens is 2. The molecule has 3 N–H and O–H groups in total. The van der Waals surface area contributed by atoms with Gasteiger partial charge in [0.1, 0.15) is 17.5 Å². The smallest absolute Gasteiger partial charge is 0.368 e. The summed E-state index contributed by atoms with van der Waals surface area (Å²) in [6.45, 7) is 5.51. The van der Waals surface area contributed by atoms with Gasteiger partial charge in [0.05, 0.1) is 18.0 Å². The normalized spacial score (nSPS) is 25.8. The van der Waals surface area contributed by atoms with E-state index in [4.69, 9.17) is 4.74 Å². The molecule has 2 atom stereocenters. The molecule has 1 aliphatic carbocycles. The molecule has 14 heteroatoms. The lowest BCUT2D eigenvalue weighted by molar-refractivity contribution is -0.0109. The standard InChI is InChI=1S/C26H33F2N9O3/c1-26(2)12-14(7-15-5-4-6-36(15)26)30-23-19(28)13-29-24(32-23)31-20-11-21(37-25(39)35(3)33-34-37)22(10-18(20)27)40-17-8-16(38)9-17/h10-11,13-17,38H,4-9,12H2,1-3H3,(H2,29,30,31,32). The predicted octanol–water partition coefficient (Wildman–Crippen LogP) is 2.50. The highest BCUT2D eigenvalue weighted by Crippen LogP contribution is 2.39. The molecule has 4 heterocycles. The molecule has 0 amide bonds. The molecule has 214 valence electrons. The van der Waals surface area contributed by atoms with Crippen LogP contribution in [0, 0.1) is 11.6 Å². The van der Waals surface area contributed by atoms with E-state index in [2.05, 4.69) is 49.8 Å². The maximum atomic E-state index is 15.3. The zero-order chi connectivity index (χ0) is 28.2. The Labute approximate surface area is 229 Å². The molecule has 1 aromatic carbocycles. The van der Waals surface area contributed by atoms with E-state index in [1.807, 2.05) is 0 Å². The molecule has 12 nitrogen and oxygen atoms in total. The number of rotatable bonds is 7. The van der Waals surface area contributed by atoms with Crippen LogP contribution in [0.4, 0.5) is 26.2 Å². The Hall–Kier alpha value is -3.65. The molecule has 3 aromatic rings. The number of hydrogen-bond donors (Lipinski definition) is 3. The second-order valence-electron chi connectivity index (χ2n) is 11.6. The topological polar surface area (TPSA) is 135 Å². The largest absolute Gasteiger partial charge is 0.488 e. The fourth-order valence-corrected chi connectivity index (χ4v) is 6.14. The van der Waals surface area contributed by atoms with E-state index in [0.717, 1.165) is 53.9 Å². The van der Waals surface area contributed by atoms with Crippen LogP contribution in [0.25, 0.3) is 5.69 Å². The number of aliphatic hydroxyl groups is 1. The second-order valence-corrected chi connectivity index (χ2v) is 11.6. The first-order chi connectivity index (χ1) is 19.1. The van der Waals surface area contributed by atoms with Crippen molar-refractivity contribution in [3.05, 3.63) is 40.4 Å². The van der Waals surface area contributed by atoms with Gasteiger partial charge in [0, 0.05) is 43.6 Å². The molecule has 3 fully saturated rings. The number of nitrogens with one attached hydrogen (secondary N) is 2. The van der Waals surface area contributed by atoms with E-state index in [9.17, 15) is 14.3 Å². The summed E-state index contributed by atoms with van der Waals surface area (Å²) in [6, 6.07) is 2.95. The van der Waals surface area contributed by atoms with Gasteiger partial charge >= 0.3 is 5.69 Å². The zero-order valence-electron chi connectivity index (χ0n) is 22.6. The lowest BCUT2D eigenvalue weighted by Gasteiger charge is -2.47. The number of anilines is 3. The minimum absolute atomic E-state index is 0.0129. The molecule has 0 spiro atoms. The van der Waals surface area contributed by atoms with Gasteiger partial charge in [-0.15, -0.1) is 0 Å². The van der Waals surface area contributed by atoms with E-state index >= 15 is 4.39 Å². The number of hydrogen-bond acceptors (Lipinski definition) is 10. The highest BCUT2D eigenvalue weighted by Gasteiger charge is 2.43. The van der Waals surface area contributed by atoms with Gasteiger partial charge in [-0.05, 0) is 62.6 Å². The van der Waals surface area contributed by atoms with E-state index < -0.39 is 23.4 Å². The Bertz CT molecular complexity index is 1470. The Balaban J connectivity index is 1.26. The maximum absolute atomic E-state index is 15.3. The molecule has 1 saturated carbocycles. The average Bonchev–Trinajstić information content (AvgIpc) is 3.49. The van der Waals surface area contributed by atoms with Crippen molar-refractivity contribution in [2.75, 3.05) is 17.2 Å². The summed E-state index contributed by atoms with van der Waals surface area (Å²) < 4.78 is 38.0. The minimum atomic E-state index is -0.701. The van der Waals surface area contributed by atoms with Crippen molar-refractivity contribution < 1.29 is 18.6 Å². The minimum Gasteiger partial charge on any atom is -0.488 e. The molecular weight excluding hydrogens is 524 g/mol. The monoisotopic (exact) mass is 557 g/mol. The Morgan fingerprint density at radius 1 is 1.15 bits per heavy atom. The number of piperidine rings is 1. The van der Waals surface area contributed by atoms with Crippen LogP contribution >= 0.6 is 0 Å². The van der Waals surface area contributed by atoms with Crippen molar-refractivity contribution in [1.29, 1.82) is 0 Å².